The third kappa shape index (κ3) is 12.0. The summed E-state index contributed by atoms with van der Waals surface area (Å²) in [5.74, 6) is 2.78. The zero-order valence-corrected chi connectivity index (χ0v) is 25.2. The minimum Gasteiger partial charge on any atom is -0.493 e. The summed E-state index contributed by atoms with van der Waals surface area (Å²) in [5, 5.41) is 0. The van der Waals surface area contributed by atoms with Gasteiger partial charge in [0.2, 0.25) is 0 Å². The summed E-state index contributed by atoms with van der Waals surface area (Å²) < 4.78 is 34.4. The summed E-state index contributed by atoms with van der Waals surface area (Å²) in [4.78, 5) is 0. The lowest BCUT2D eigenvalue weighted by Crippen LogP contribution is -2.04. The highest BCUT2D eigenvalue weighted by molar-refractivity contribution is 5.77. The van der Waals surface area contributed by atoms with Crippen LogP contribution in [0.15, 0.2) is 66.7 Å². The van der Waals surface area contributed by atoms with Crippen LogP contribution in [0.5, 0.6) is 23.0 Å². The first-order chi connectivity index (χ1) is 20.2. The lowest BCUT2D eigenvalue weighted by molar-refractivity contribution is 0.0498. The van der Waals surface area contributed by atoms with Gasteiger partial charge >= 0.3 is 0 Å². The van der Waals surface area contributed by atoms with Gasteiger partial charge in [-0.15, -0.1) is 0 Å². The van der Waals surface area contributed by atoms with Gasteiger partial charge in [0.05, 0.1) is 6.61 Å². The fraction of sp³-hybridized carbons (Fsp3) is 0.486. The van der Waals surface area contributed by atoms with Gasteiger partial charge in [0.15, 0.2) is 13.6 Å². The Bertz CT molecular complexity index is 1100. The minimum absolute atomic E-state index is 0.115. The summed E-state index contributed by atoms with van der Waals surface area (Å²) in [6, 6.07) is 21.8. The Hall–Kier alpha value is -3.22. The molecule has 6 heteroatoms. The smallest absolute Gasteiger partial charge is 0.188 e. The Morgan fingerprint density at radius 2 is 1.02 bits per heavy atom. The average Bonchev–Trinajstić information content (AvgIpc) is 3.01. The van der Waals surface area contributed by atoms with Crippen molar-refractivity contribution in [2.45, 2.75) is 77.7 Å². The third-order valence-corrected chi connectivity index (χ3v) is 6.88. The molecule has 0 amide bonds. The molecule has 0 N–H and O–H groups in total. The van der Waals surface area contributed by atoms with Crippen molar-refractivity contribution in [2.24, 2.45) is 0 Å². The van der Waals surface area contributed by atoms with Crippen molar-refractivity contribution in [3.63, 3.8) is 0 Å². The second-order valence-corrected chi connectivity index (χ2v) is 10.2. The molecule has 6 nitrogen and oxygen atoms in total. The van der Waals surface area contributed by atoms with Crippen molar-refractivity contribution in [1.82, 2.24) is 0 Å². The number of benzene rings is 3. The zero-order chi connectivity index (χ0) is 29.0. The SMILES string of the molecule is CCCCCCCCCCCCOc1ccc(-c2ccc(OCc3ccccc3)cc2OCOC)c(OCOC)c1. The van der Waals surface area contributed by atoms with E-state index in [0.29, 0.717) is 30.5 Å². The van der Waals surface area contributed by atoms with E-state index in [4.69, 9.17) is 28.4 Å². The average molecular weight is 565 g/mol. The predicted octanol–water partition coefficient (Wildman–Crippen LogP) is 9.20. The van der Waals surface area contributed by atoms with E-state index in [1.54, 1.807) is 14.2 Å². The van der Waals surface area contributed by atoms with E-state index in [1.165, 1.54) is 57.8 Å². The molecule has 0 aliphatic rings. The van der Waals surface area contributed by atoms with Gasteiger partial charge in [-0.1, -0.05) is 95.0 Å². The van der Waals surface area contributed by atoms with Crippen LogP contribution in [0, 0.1) is 0 Å². The molecule has 0 spiro atoms. The molecule has 0 aliphatic heterocycles. The molecule has 0 saturated carbocycles. The molecule has 0 saturated heterocycles. The van der Waals surface area contributed by atoms with Gasteiger partial charge < -0.3 is 28.4 Å². The minimum atomic E-state index is 0.115. The number of unbranched alkanes of at least 4 members (excludes halogenated alkanes) is 9. The fourth-order valence-electron chi connectivity index (χ4n) is 4.63. The zero-order valence-electron chi connectivity index (χ0n) is 25.2. The summed E-state index contributed by atoms with van der Waals surface area (Å²) in [6.07, 6.45) is 13.0. The third-order valence-electron chi connectivity index (χ3n) is 6.88. The standard InChI is InChI=1S/C35H48O6/c1-4-5-6-7-8-9-10-11-12-16-23-38-30-19-21-32(34(24-30)40-27-36-2)33-22-20-31(25-35(33)41-28-37-3)39-26-29-17-14-13-15-18-29/h13-15,17-22,24-25H,4-12,16,23,26-28H2,1-3H3. The van der Waals surface area contributed by atoms with Gasteiger partial charge in [-0.05, 0) is 36.2 Å². The summed E-state index contributed by atoms with van der Waals surface area (Å²) in [7, 11) is 3.21. The van der Waals surface area contributed by atoms with Crippen molar-refractivity contribution in [3.8, 4) is 34.1 Å². The Morgan fingerprint density at radius 3 is 1.56 bits per heavy atom. The monoisotopic (exact) mass is 564 g/mol. The van der Waals surface area contributed by atoms with Crippen LogP contribution in [-0.2, 0) is 16.1 Å². The van der Waals surface area contributed by atoms with Gasteiger partial charge in [-0.25, -0.2) is 0 Å². The van der Waals surface area contributed by atoms with E-state index < -0.39 is 0 Å². The Morgan fingerprint density at radius 1 is 0.512 bits per heavy atom. The number of hydrogen-bond donors (Lipinski definition) is 0. The highest BCUT2D eigenvalue weighted by Crippen LogP contribution is 2.40. The first kappa shape index (κ1) is 32.3. The second kappa shape index (κ2) is 19.8. The van der Waals surface area contributed by atoms with Gasteiger partial charge in [0, 0.05) is 37.5 Å². The molecule has 41 heavy (non-hydrogen) atoms. The molecule has 0 atom stereocenters. The molecule has 3 rings (SSSR count). The van der Waals surface area contributed by atoms with Crippen LogP contribution in [0.4, 0.5) is 0 Å². The van der Waals surface area contributed by atoms with Crippen LogP contribution in [0.3, 0.4) is 0 Å². The number of hydrogen-bond acceptors (Lipinski definition) is 6. The maximum atomic E-state index is 6.09. The molecule has 0 aromatic heterocycles. The van der Waals surface area contributed by atoms with Crippen LogP contribution in [0.2, 0.25) is 0 Å². The number of methoxy groups -OCH3 is 2. The Kier molecular flexibility index (Phi) is 15.6. The largest absolute Gasteiger partial charge is 0.493 e. The van der Waals surface area contributed by atoms with E-state index in [1.807, 2.05) is 66.7 Å². The van der Waals surface area contributed by atoms with Crippen LogP contribution in [-0.4, -0.2) is 34.4 Å². The molecule has 0 fully saturated rings. The summed E-state index contributed by atoms with van der Waals surface area (Å²) >= 11 is 0. The van der Waals surface area contributed by atoms with Gasteiger partial charge in [-0.2, -0.15) is 0 Å². The quantitative estimate of drug-likeness (QED) is 0.0896. The molecular weight excluding hydrogens is 516 g/mol. The first-order valence-corrected chi connectivity index (χ1v) is 15.1. The molecular formula is C35H48O6. The maximum Gasteiger partial charge on any atom is 0.188 e. The predicted molar refractivity (Wildman–Crippen MR) is 165 cm³/mol. The van der Waals surface area contributed by atoms with Crippen molar-refractivity contribution in [3.05, 3.63) is 72.3 Å². The van der Waals surface area contributed by atoms with Crippen LogP contribution in [0.25, 0.3) is 11.1 Å². The molecule has 0 aliphatic carbocycles. The van der Waals surface area contributed by atoms with Crippen molar-refractivity contribution < 1.29 is 28.4 Å². The van der Waals surface area contributed by atoms with Crippen LogP contribution in [0.1, 0.15) is 76.7 Å². The molecule has 3 aromatic carbocycles. The highest BCUT2D eigenvalue weighted by atomic mass is 16.7. The fourth-order valence-corrected chi connectivity index (χ4v) is 4.63. The maximum absolute atomic E-state index is 6.09. The van der Waals surface area contributed by atoms with E-state index in [0.717, 1.165) is 28.9 Å². The van der Waals surface area contributed by atoms with E-state index in [9.17, 15) is 0 Å². The molecule has 0 unspecified atom stereocenters. The summed E-state index contributed by atoms with van der Waals surface area (Å²) in [6.45, 7) is 3.67. The molecule has 224 valence electrons. The van der Waals surface area contributed by atoms with Crippen molar-refractivity contribution in [1.29, 1.82) is 0 Å². The summed E-state index contributed by atoms with van der Waals surface area (Å²) in [5.41, 5.74) is 2.83. The highest BCUT2D eigenvalue weighted by Gasteiger charge is 2.15. The van der Waals surface area contributed by atoms with E-state index in [2.05, 4.69) is 6.92 Å². The topological polar surface area (TPSA) is 55.4 Å². The van der Waals surface area contributed by atoms with Gasteiger partial charge in [0.1, 0.15) is 29.6 Å². The van der Waals surface area contributed by atoms with Crippen LogP contribution < -0.4 is 18.9 Å². The molecule has 0 bridgehead atoms. The normalized spacial score (nSPS) is 10.9. The van der Waals surface area contributed by atoms with E-state index in [-0.39, 0.29) is 13.6 Å². The molecule has 0 heterocycles. The molecule has 3 aromatic rings. The van der Waals surface area contributed by atoms with Crippen molar-refractivity contribution >= 4 is 0 Å². The van der Waals surface area contributed by atoms with Crippen LogP contribution >= 0.6 is 0 Å². The number of rotatable bonds is 22. The molecule has 0 radical (unpaired) electrons. The number of ether oxygens (including phenoxy) is 6. The lowest BCUT2D eigenvalue weighted by Gasteiger charge is -2.17. The van der Waals surface area contributed by atoms with E-state index >= 15 is 0 Å². The first-order valence-electron chi connectivity index (χ1n) is 15.1. The Balaban J connectivity index is 1.60. The van der Waals surface area contributed by atoms with Gasteiger partial charge in [0.25, 0.3) is 0 Å². The van der Waals surface area contributed by atoms with Gasteiger partial charge in [-0.3, -0.25) is 0 Å². The second-order valence-electron chi connectivity index (χ2n) is 10.2. The van der Waals surface area contributed by atoms with Crippen molar-refractivity contribution in [2.75, 3.05) is 34.4 Å². The lowest BCUT2D eigenvalue weighted by atomic mass is 10.0. The Labute approximate surface area is 246 Å².